The number of fused-ring (bicyclic) bond motifs is 1. The molecule has 0 saturated heterocycles. The van der Waals surface area contributed by atoms with Crippen molar-refractivity contribution >= 4 is 16.7 Å². The average Bonchev–Trinajstić information content (AvgIpc) is 2.80. The normalized spacial score (nSPS) is 27.3. The van der Waals surface area contributed by atoms with Crippen LogP contribution in [0.1, 0.15) is 89.7 Å². The highest BCUT2D eigenvalue weighted by molar-refractivity contribution is 5.89. The van der Waals surface area contributed by atoms with Gasteiger partial charge < -0.3 is 9.84 Å². The Balaban J connectivity index is 1.60. The molecular formula is C29H37F3O3. The number of alkyl halides is 3. The summed E-state index contributed by atoms with van der Waals surface area (Å²) in [7, 11) is 0. The summed E-state index contributed by atoms with van der Waals surface area (Å²) >= 11 is 0. The lowest BCUT2D eigenvalue weighted by Crippen LogP contribution is -2.49. The van der Waals surface area contributed by atoms with Gasteiger partial charge in [0.25, 0.3) is 0 Å². The molecule has 2 aromatic carbocycles. The first-order valence-electron chi connectivity index (χ1n) is 12.9. The predicted octanol–water partition coefficient (Wildman–Crippen LogP) is 8.45. The number of carboxylic acid groups (broad SMARTS) is 1. The molecule has 35 heavy (non-hydrogen) atoms. The van der Waals surface area contributed by atoms with Crippen molar-refractivity contribution in [3.05, 3.63) is 41.5 Å². The smallest absolute Gasteiger partial charge is 0.420 e. The van der Waals surface area contributed by atoms with Crippen molar-refractivity contribution in [2.24, 2.45) is 23.2 Å². The van der Waals surface area contributed by atoms with Gasteiger partial charge in [-0.3, -0.25) is 4.79 Å². The molecule has 6 heteroatoms. The summed E-state index contributed by atoms with van der Waals surface area (Å²) in [4.78, 5) is 11.5. The zero-order chi connectivity index (χ0) is 25.5. The SMILES string of the molecule is CCC1CCC(Oc2ccc3ccc([C@@H](C)C[C@H]4C[C@H](C(=O)O)C4(C)C)cc3c2C(F)(F)F)CC1. The van der Waals surface area contributed by atoms with E-state index in [-0.39, 0.29) is 40.4 Å². The molecule has 2 aromatic rings. The summed E-state index contributed by atoms with van der Waals surface area (Å²) < 4.78 is 49.0. The summed E-state index contributed by atoms with van der Waals surface area (Å²) in [6, 6.07) is 8.53. The highest BCUT2D eigenvalue weighted by Crippen LogP contribution is 2.55. The van der Waals surface area contributed by atoms with Crippen molar-refractivity contribution in [1.29, 1.82) is 0 Å². The second-order valence-electron chi connectivity index (χ2n) is 11.4. The highest BCUT2D eigenvalue weighted by Gasteiger charge is 2.51. The van der Waals surface area contributed by atoms with E-state index in [0.717, 1.165) is 44.1 Å². The molecule has 0 amide bonds. The molecule has 2 saturated carbocycles. The minimum Gasteiger partial charge on any atom is -0.490 e. The van der Waals surface area contributed by atoms with Gasteiger partial charge in [-0.15, -0.1) is 0 Å². The maximum atomic E-state index is 14.3. The van der Waals surface area contributed by atoms with Crippen LogP contribution < -0.4 is 4.74 Å². The van der Waals surface area contributed by atoms with Gasteiger partial charge in [0.15, 0.2) is 0 Å². The maximum Gasteiger partial charge on any atom is 0.420 e. The molecule has 3 nitrogen and oxygen atoms in total. The number of halogens is 3. The molecule has 0 heterocycles. The first-order valence-corrected chi connectivity index (χ1v) is 12.9. The van der Waals surface area contributed by atoms with E-state index in [9.17, 15) is 23.1 Å². The van der Waals surface area contributed by atoms with Crippen LogP contribution in [-0.4, -0.2) is 17.2 Å². The molecule has 0 aromatic heterocycles. The number of carboxylic acids is 1. The fourth-order valence-corrected chi connectivity index (χ4v) is 6.25. The summed E-state index contributed by atoms with van der Waals surface area (Å²) in [5.74, 6) is -0.309. The highest BCUT2D eigenvalue weighted by atomic mass is 19.4. The van der Waals surface area contributed by atoms with Crippen LogP contribution in [0.5, 0.6) is 5.75 Å². The van der Waals surface area contributed by atoms with Gasteiger partial charge in [-0.05, 0) is 84.1 Å². The van der Waals surface area contributed by atoms with Crippen molar-refractivity contribution in [2.45, 2.75) is 90.8 Å². The molecule has 0 bridgehead atoms. The van der Waals surface area contributed by atoms with E-state index in [1.807, 2.05) is 26.8 Å². The Morgan fingerprint density at radius 3 is 2.37 bits per heavy atom. The molecule has 2 aliphatic carbocycles. The van der Waals surface area contributed by atoms with Crippen molar-refractivity contribution in [2.75, 3.05) is 0 Å². The van der Waals surface area contributed by atoms with E-state index in [1.54, 1.807) is 18.2 Å². The lowest BCUT2D eigenvalue weighted by atomic mass is 9.53. The van der Waals surface area contributed by atoms with Gasteiger partial charge in [-0.25, -0.2) is 0 Å². The molecule has 0 radical (unpaired) electrons. The molecule has 192 valence electrons. The second kappa shape index (κ2) is 9.67. The van der Waals surface area contributed by atoms with Crippen LogP contribution in [0.15, 0.2) is 30.3 Å². The van der Waals surface area contributed by atoms with Gasteiger partial charge in [0.1, 0.15) is 11.3 Å². The third-order valence-corrected chi connectivity index (χ3v) is 8.93. The zero-order valence-corrected chi connectivity index (χ0v) is 21.1. The monoisotopic (exact) mass is 490 g/mol. The van der Waals surface area contributed by atoms with Gasteiger partial charge in [0, 0.05) is 0 Å². The quantitative estimate of drug-likeness (QED) is 0.423. The van der Waals surface area contributed by atoms with Crippen LogP contribution in [0.3, 0.4) is 0 Å². The van der Waals surface area contributed by atoms with E-state index in [1.165, 1.54) is 6.07 Å². The molecule has 2 aliphatic rings. The minimum absolute atomic E-state index is 0.0217. The Kier molecular flexibility index (Phi) is 7.14. The topological polar surface area (TPSA) is 46.5 Å². The van der Waals surface area contributed by atoms with Crippen molar-refractivity contribution in [3.8, 4) is 5.75 Å². The number of aliphatic carboxylic acids is 1. The summed E-state index contributed by atoms with van der Waals surface area (Å²) in [6.07, 6.45) is 1.34. The zero-order valence-electron chi connectivity index (χ0n) is 21.1. The number of hydrogen-bond donors (Lipinski definition) is 1. The van der Waals surface area contributed by atoms with Crippen LogP contribution in [0.4, 0.5) is 13.2 Å². The first kappa shape index (κ1) is 25.8. The fourth-order valence-electron chi connectivity index (χ4n) is 6.25. The number of carbonyl (C=O) groups is 1. The van der Waals surface area contributed by atoms with E-state index in [2.05, 4.69) is 6.92 Å². The number of ether oxygens (including phenoxy) is 1. The number of rotatable bonds is 7. The molecule has 0 aliphatic heterocycles. The lowest BCUT2D eigenvalue weighted by Gasteiger charge is -2.51. The third kappa shape index (κ3) is 5.17. The van der Waals surface area contributed by atoms with Crippen LogP contribution in [0, 0.1) is 23.2 Å². The van der Waals surface area contributed by atoms with Gasteiger partial charge in [0.05, 0.1) is 12.0 Å². The van der Waals surface area contributed by atoms with Crippen LogP contribution in [0.2, 0.25) is 0 Å². The van der Waals surface area contributed by atoms with Gasteiger partial charge >= 0.3 is 12.1 Å². The summed E-state index contributed by atoms with van der Waals surface area (Å²) in [5, 5.41) is 10.1. The molecular weight excluding hydrogens is 453 g/mol. The van der Waals surface area contributed by atoms with E-state index >= 15 is 0 Å². The van der Waals surface area contributed by atoms with Crippen LogP contribution >= 0.6 is 0 Å². The Labute approximate surface area is 206 Å². The Hall–Kier alpha value is -2.24. The fraction of sp³-hybridized carbons (Fsp3) is 0.621. The molecule has 3 atom stereocenters. The lowest BCUT2D eigenvalue weighted by molar-refractivity contribution is -0.159. The van der Waals surface area contributed by atoms with Crippen LogP contribution in [0.25, 0.3) is 10.8 Å². The molecule has 1 N–H and O–H groups in total. The maximum absolute atomic E-state index is 14.3. The Morgan fingerprint density at radius 1 is 1.14 bits per heavy atom. The summed E-state index contributed by atoms with van der Waals surface area (Å²) in [5.41, 5.74) is -0.152. The van der Waals surface area contributed by atoms with Crippen LogP contribution in [-0.2, 0) is 11.0 Å². The largest absolute Gasteiger partial charge is 0.490 e. The summed E-state index contributed by atoms with van der Waals surface area (Å²) in [6.45, 7) is 8.13. The Morgan fingerprint density at radius 2 is 1.80 bits per heavy atom. The van der Waals surface area contributed by atoms with Gasteiger partial charge in [-0.1, -0.05) is 58.4 Å². The van der Waals surface area contributed by atoms with E-state index in [4.69, 9.17) is 4.74 Å². The number of hydrogen-bond acceptors (Lipinski definition) is 2. The van der Waals surface area contributed by atoms with E-state index in [0.29, 0.717) is 17.7 Å². The van der Waals surface area contributed by atoms with Crippen molar-refractivity contribution < 1.29 is 27.8 Å². The Bertz CT molecular complexity index is 1070. The molecule has 4 rings (SSSR count). The van der Waals surface area contributed by atoms with E-state index < -0.39 is 17.7 Å². The first-order chi connectivity index (χ1) is 16.4. The van der Waals surface area contributed by atoms with Crippen molar-refractivity contribution in [1.82, 2.24) is 0 Å². The number of benzene rings is 2. The third-order valence-electron chi connectivity index (χ3n) is 8.93. The van der Waals surface area contributed by atoms with Gasteiger partial charge in [0.2, 0.25) is 0 Å². The molecule has 0 unspecified atom stereocenters. The molecule has 0 spiro atoms. The second-order valence-corrected chi connectivity index (χ2v) is 11.4. The predicted molar refractivity (Wildman–Crippen MR) is 132 cm³/mol. The van der Waals surface area contributed by atoms with Gasteiger partial charge in [-0.2, -0.15) is 13.2 Å². The van der Waals surface area contributed by atoms with Crippen molar-refractivity contribution in [3.63, 3.8) is 0 Å². The minimum atomic E-state index is -4.53. The standard InChI is InChI=1S/C29H37F3O3/c1-5-18-6-11-22(12-7-18)35-25-13-10-19-8-9-20(15-23(19)26(25)29(30,31)32)17(2)14-21-16-24(27(33)34)28(21,3)4/h8-10,13,15,17-18,21-22,24H,5-7,11-12,14,16H2,1-4H3,(H,33,34)/t17-,18?,21-,22?,24+/m0/s1. The molecule has 2 fully saturated rings. The average molecular weight is 491 g/mol.